The normalized spacial score (nSPS) is 21.1. The molecule has 0 bridgehead atoms. The van der Waals surface area contributed by atoms with Crippen molar-refractivity contribution in [3.8, 4) is 0 Å². The van der Waals surface area contributed by atoms with Crippen LogP contribution in [0, 0.1) is 6.92 Å². The van der Waals surface area contributed by atoms with Crippen LogP contribution in [0.3, 0.4) is 0 Å². The van der Waals surface area contributed by atoms with Crippen LogP contribution >= 0.6 is 0 Å². The average molecular weight is 302 g/mol. The Kier molecular flexibility index (Phi) is 3.77. The first-order chi connectivity index (χ1) is 9.26. The number of carbonyl (C=O) groups is 1. The molecule has 2 heterocycles. The van der Waals surface area contributed by atoms with Crippen molar-refractivity contribution in [2.24, 2.45) is 7.05 Å². The van der Waals surface area contributed by atoms with Crippen molar-refractivity contribution in [2.75, 3.05) is 18.1 Å². The summed E-state index contributed by atoms with van der Waals surface area (Å²) >= 11 is 0. The van der Waals surface area contributed by atoms with E-state index >= 15 is 0 Å². The Balaban J connectivity index is 2.33. The fraction of sp³-hybridized carbons (Fsp3) is 0.667. The Hall–Kier alpha value is -1.57. The van der Waals surface area contributed by atoms with Crippen LogP contribution in [0.1, 0.15) is 29.4 Å². The van der Waals surface area contributed by atoms with Gasteiger partial charge in [-0.15, -0.1) is 0 Å². The molecule has 112 valence electrons. The molecule has 0 aliphatic carbocycles. The van der Waals surface area contributed by atoms with Crippen LogP contribution in [-0.4, -0.2) is 48.1 Å². The number of nitrogens with zero attached hydrogens (tertiary/aromatic N) is 2. The zero-order chi connectivity index (χ0) is 15.1. The van der Waals surface area contributed by atoms with Gasteiger partial charge in [0.2, 0.25) is 0 Å². The summed E-state index contributed by atoms with van der Waals surface area (Å²) in [5, 5.41) is 0. The second kappa shape index (κ2) is 5.08. The maximum atomic E-state index is 12.5. The van der Waals surface area contributed by atoms with E-state index in [1.54, 1.807) is 20.9 Å². The first-order valence-electron chi connectivity index (χ1n) is 6.45. The second-order valence-corrected chi connectivity index (χ2v) is 7.21. The molecule has 1 aliphatic rings. The summed E-state index contributed by atoms with van der Waals surface area (Å²) < 4.78 is 29.2. The number of rotatable bonds is 3. The molecule has 1 amide bonds. The lowest BCUT2D eigenvalue weighted by Crippen LogP contribution is -2.42. The topological polar surface area (TPSA) is 89.6 Å². The molecule has 0 N–H and O–H groups in total. The molecule has 1 atom stereocenters. The number of sulfone groups is 1. The zero-order valence-electron chi connectivity index (χ0n) is 11.7. The van der Waals surface area contributed by atoms with Crippen molar-refractivity contribution in [3.05, 3.63) is 21.7 Å². The standard InChI is InChI=1S/C12H18N2O5S/c1-4-14(9-5-6-20(17,18)7-9)11(15)10-8(2)13(3)19-12(10)16/h9H,4-7H2,1-3H3. The van der Waals surface area contributed by atoms with Gasteiger partial charge in [-0.3, -0.25) is 4.79 Å². The Morgan fingerprint density at radius 2 is 2.15 bits per heavy atom. The van der Waals surface area contributed by atoms with Crippen LogP contribution in [0.15, 0.2) is 9.32 Å². The summed E-state index contributed by atoms with van der Waals surface area (Å²) in [6.07, 6.45) is 0.416. The molecular formula is C12H18N2O5S. The van der Waals surface area contributed by atoms with Gasteiger partial charge in [0.05, 0.1) is 17.2 Å². The van der Waals surface area contributed by atoms with Crippen molar-refractivity contribution < 1.29 is 17.7 Å². The van der Waals surface area contributed by atoms with Crippen molar-refractivity contribution in [3.63, 3.8) is 0 Å². The number of amides is 1. The van der Waals surface area contributed by atoms with E-state index in [2.05, 4.69) is 0 Å². The summed E-state index contributed by atoms with van der Waals surface area (Å²) in [6.45, 7) is 3.74. The SMILES string of the molecule is CCN(C(=O)c1c(C)n(C)oc1=O)C1CCS(=O)(=O)C1. The number of aryl methyl sites for hydroxylation is 1. The van der Waals surface area contributed by atoms with Crippen molar-refractivity contribution in [1.82, 2.24) is 9.64 Å². The minimum Gasteiger partial charge on any atom is -0.336 e. The molecule has 0 aromatic carbocycles. The van der Waals surface area contributed by atoms with E-state index in [0.717, 1.165) is 0 Å². The van der Waals surface area contributed by atoms with Gasteiger partial charge in [0, 0.05) is 19.6 Å². The van der Waals surface area contributed by atoms with E-state index in [0.29, 0.717) is 18.7 Å². The highest BCUT2D eigenvalue weighted by Crippen LogP contribution is 2.20. The molecule has 8 heteroatoms. The summed E-state index contributed by atoms with van der Waals surface area (Å²) in [5.74, 6) is -0.408. The van der Waals surface area contributed by atoms with Crippen LogP contribution in [-0.2, 0) is 16.9 Å². The summed E-state index contributed by atoms with van der Waals surface area (Å²) in [6, 6.07) is -0.364. The van der Waals surface area contributed by atoms with Crippen molar-refractivity contribution in [2.45, 2.75) is 26.3 Å². The fourth-order valence-electron chi connectivity index (χ4n) is 2.52. The fourth-order valence-corrected chi connectivity index (χ4v) is 4.25. The van der Waals surface area contributed by atoms with Crippen molar-refractivity contribution in [1.29, 1.82) is 0 Å². The van der Waals surface area contributed by atoms with E-state index in [9.17, 15) is 18.0 Å². The minimum absolute atomic E-state index is 0.0151. The predicted octanol–water partition coefficient (Wildman–Crippen LogP) is -0.0641. The maximum absolute atomic E-state index is 12.5. The van der Waals surface area contributed by atoms with E-state index in [1.165, 1.54) is 9.64 Å². The monoisotopic (exact) mass is 302 g/mol. The average Bonchev–Trinajstić information content (AvgIpc) is 2.81. The second-order valence-electron chi connectivity index (χ2n) is 4.98. The quantitative estimate of drug-likeness (QED) is 0.780. The molecule has 0 saturated carbocycles. The van der Waals surface area contributed by atoms with Gasteiger partial charge in [0.25, 0.3) is 5.91 Å². The van der Waals surface area contributed by atoms with Crippen LogP contribution in [0.4, 0.5) is 0 Å². The molecule has 1 aliphatic heterocycles. The van der Waals surface area contributed by atoms with Gasteiger partial charge in [-0.2, -0.15) is 0 Å². The van der Waals surface area contributed by atoms with E-state index < -0.39 is 21.4 Å². The van der Waals surface area contributed by atoms with E-state index in [-0.39, 0.29) is 23.1 Å². The third kappa shape index (κ3) is 2.52. The first-order valence-corrected chi connectivity index (χ1v) is 8.27. The summed E-state index contributed by atoms with van der Waals surface area (Å²) in [4.78, 5) is 25.6. The van der Waals surface area contributed by atoms with Gasteiger partial charge in [-0.25, -0.2) is 18.0 Å². The zero-order valence-corrected chi connectivity index (χ0v) is 12.6. The smallest absolute Gasteiger partial charge is 0.336 e. The molecule has 20 heavy (non-hydrogen) atoms. The molecule has 1 saturated heterocycles. The molecule has 1 aromatic heterocycles. The Labute approximate surface area is 117 Å². The lowest BCUT2D eigenvalue weighted by atomic mass is 10.1. The first kappa shape index (κ1) is 14.8. The Morgan fingerprint density at radius 1 is 1.50 bits per heavy atom. The molecule has 7 nitrogen and oxygen atoms in total. The molecule has 1 aromatic rings. The summed E-state index contributed by atoms with van der Waals surface area (Å²) in [5.41, 5.74) is -0.257. The van der Waals surface area contributed by atoms with Crippen LogP contribution in [0.2, 0.25) is 0 Å². The number of hydrogen-bond donors (Lipinski definition) is 0. The van der Waals surface area contributed by atoms with Crippen LogP contribution < -0.4 is 5.63 Å². The van der Waals surface area contributed by atoms with Gasteiger partial charge in [0.1, 0.15) is 5.56 Å². The van der Waals surface area contributed by atoms with Gasteiger partial charge in [-0.1, -0.05) is 0 Å². The maximum Gasteiger partial charge on any atom is 0.370 e. The lowest BCUT2D eigenvalue weighted by Gasteiger charge is -2.26. The molecule has 0 radical (unpaired) electrons. The van der Waals surface area contributed by atoms with E-state index in [1.807, 2.05) is 0 Å². The lowest BCUT2D eigenvalue weighted by molar-refractivity contribution is 0.0705. The number of hydrogen-bond acceptors (Lipinski definition) is 5. The third-order valence-electron chi connectivity index (χ3n) is 3.72. The minimum atomic E-state index is -3.08. The largest absolute Gasteiger partial charge is 0.370 e. The van der Waals surface area contributed by atoms with Gasteiger partial charge >= 0.3 is 5.63 Å². The van der Waals surface area contributed by atoms with Crippen LogP contribution in [0.25, 0.3) is 0 Å². The Morgan fingerprint density at radius 3 is 2.55 bits per heavy atom. The molecule has 2 rings (SSSR count). The Bertz CT molecular complexity index is 685. The van der Waals surface area contributed by atoms with Gasteiger partial charge in [-0.05, 0) is 20.3 Å². The third-order valence-corrected chi connectivity index (χ3v) is 5.47. The molecule has 1 unspecified atom stereocenters. The van der Waals surface area contributed by atoms with Crippen LogP contribution in [0.5, 0.6) is 0 Å². The van der Waals surface area contributed by atoms with E-state index in [4.69, 9.17) is 4.52 Å². The van der Waals surface area contributed by atoms with Gasteiger partial charge in [0.15, 0.2) is 9.84 Å². The summed E-state index contributed by atoms with van der Waals surface area (Å²) in [7, 11) is -1.54. The highest BCUT2D eigenvalue weighted by Gasteiger charge is 2.36. The highest BCUT2D eigenvalue weighted by atomic mass is 32.2. The van der Waals surface area contributed by atoms with Crippen molar-refractivity contribution >= 4 is 15.7 Å². The van der Waals surface area contributed by atoms with Gasteiger partial charge < -0.3 is 9.42 Å². The molecule has 0 spiro atoms. The molecular weight excluding hydrogens is 284 g/mol. The molecule has 1 fully saturated rings. The predicted molar refractivity (Wildman–Crippen MR) is 72.5 cm³/mol. The highest BCUT2D eigenvalue weighted by molar-refractivity contribution is 7.91. The number of aromatic nitrogens is 1. The number of carbonyl (C=O) groups excluding carboxylic acids is 1.